The molecule has 0 saturated carbocycles. The van der Waals surface area contributed by atoms with E-state index in [0.717, 1.165) is 10.9 Å². The summed E-state index contributed by atoms with van der Waals surface area (Å²) in [5, 5.41) is 20.6. The van der Waals surface area contributed by atoms with Crippen LogP contribution in [0.3, 0.4) is 0 Å². The van der Waals surface area contributed by atoms with Crippen molar-refractivity contribution in [3.63, 3.8) is 0 Å². The van der Waals surface area contributed by atoms with Crippen molar-refractivity contribution >= 4 is 52.5 Å². The molecule has 4 aromatic heterocycles. The van der Waals surface area contributed by atoms with E-state index in [2.05, 4.69) is 24.9 Å². The third kappa shape index (κ3) is 4.93. The number of hydrogen-bond acceptors (Lipinski definition) is 14. The molecule has 226 valence electrons. The van der Waals surface area contributed by atoms with Gasteiger partial charge in [-0.1, -0.05) is 0 Å². The first-order valence-electron chi connectivity index (χ1n) is 12.3. The van der Waals surface area contributed by atoms with Gasteiger partial charge in [0.05, 0.1) is 24.9 Å². The summed E-state index contributed by atoms with van der Waals surface area (Å²) in [6.45, 7) is -5.73. The SMILES string of the molecule is Nc1nc2c(ncn2[C@@H]2O[C@H](CO)[C@@H](F)[C@H]2OP(O)(=S)OC[C@H]2O[C@@H](n3ccc4c(N)ncnc43)[C@@H](F)[C@@H]2O)c(=O)[nH]1. The molecule has 0 radical (unpaired) electrons. The number of aliphatic hydroxyl groups is 2. The molecule has 17 nitrogen and oxygen atoms in total. The average Bonchev–Trinajstić information content (AvgIpc) is 3.69. The number of nitrogens with one attached hydrogen (secondary N) is 1. The molecule has 6 heterocycles. The molecule has 0 spiro atoms. The zero-order valence-corrected chi connectivity index (χ0v) is 22.9. The number of ether oxygens (including phenoxy) is 2. The normalized spacial score (nSPS) is 31.3. The van der Waals surface area contributed by atoms with Crippen LogP contribution in [0.25, 0.3) is 22.2 Å². The van der Waals surface area contributed by atoms with Gasteiger partial charge in [0.1, 0.15) is 42.2 Å². The molecule has 0 aliphatic carbocycles. The Bertz CT molecular complexity index is 1740. The number of aromatic nitrogens is 7. The number of nitrogens with zero attached hydrogens (tertiary/aromatic N) is 6. The van der Waals surface area contributed by atoms with E-state index in [-0.39, 0.29) is 28.6 Å². The molecule has 0 amide bonds. The minimum atomic E-state index is -4.33. The van der Waals surface area contributed by atoms with Crippen molar-refractivity contribution in [2.24, 2.45) is 0 Å². The Labute approximate surface area is 238 Å². The molecule has 4 aromatic rings. The summed E-state index contributed by atoms with van der Waals surface area (Å²) in [4.78, 5) is 41.2. The molecule has 0 aromatic carbocycles. The highest BCUT2D eigenvalue weighted by atomic mass is 32.5. The van der Waals surface area contributed by atoms with Crippen LogP contribution in [0.4, 0.5) is 20.5 Å². The number of alkyl halides is 2. The van der Waals surface area contributed by atoms with Gasteiger partial charge in [0.25, 0.3) is 5.56 Å². The molecule has 0 bridgehead atoms. The van der Waals surface area contributed by atoms with Crippen LogP contribution >= 0.6 is 6.72 Å². The maximum Gasteiger partial charge on any atom is 0.325 e. The molecule has 2 saturated heterocycles. The van der Waals surface area contributed by atoms with Gasteiger partial charge in [-0.15, -0.1) is 0 Å². The van der Waals surface area contributed by atoms with Crippen LogP contribution in [0.1, 0.15) is 12.5 Å². The summed E-state index contributed by atoms with van der Waals surface area (Å²) < 4.78 is 54.9. The zero-order chi connectivity index (χ0) is 29.9. The van der Waals surface area contributed by atoms with Crippen molar-refractivity contribution in [3.8, 4) is 0 Å². The highest BCUT2D eigenvalue weighted by Crippen LogP contribution is 2.51. The first-order valence-corrected chi connectivity index (χ1v) is 14.9. The van der Waals surface area contributed by atoms with Gasteiger partial charge < -0.3 is 45.1 Å². The Kier molecular flexibility index (Phi) is 7.44. The second kappa shape index (κ2) is 10.8. The van der Waals surface area contributed by atoms with E-state index >= 15 is 8.78 Å². The summed E-state index contributed by atoms with van der Waals surface area (Å²) in [5.41, 5.74) is 10.8. The highest BCUT2D eigenvalue weighted by Gasteiger charge is 2.50. The minimum absolute atomic E-state index is 0.0835. The van der Waals surface area contributed by atoms with E-state index in [1.165, 1.54) is 17.1 Å². The van der Waals surface area contributed by atoms with Crippen molar-refractivity contribution in [1.29, 1.82) is 0 Å². The van der Waals surface area contributed by atoms with Crippen molar-refractivity contribution in [2.75, 3.05) is 24.7 Å². The van der Waals surface area contributed by atoms with E-state index in [1.807, 2.05) is 0 Å². The van der Waals surface area contributed by atoms with Gasteiger partial charge in [-0.05, 0) is 17.9 Å². The van der Waals surface area contributed by atoms with Gasteiger partial charge in [-0.2, -0.15) is 4.98 Å². The molecule has 21 heteroatoms. The number of imidazole rings is 1. The van der Waals surface area contributed by atoms with Crippen molar-refractivity contribution in [3.05, 3.63) is 35.3 Å². The number of nitrogen functional groups attached to an aromatic ring is 2. The first kappa shape index (κ1) is 28.9. The summed E-state index contributed by atoms with van der Waals surface area (Å²) in [5.74, 6) is -0.0801. The first-order chi connectivity index (χ1) is 20.0. The minimum Gasteiger partial charge on any atom is -0.394 e. The van der Waals surface area contributed by atoms with Gasteiger partial charge in [-0.25, -0.2) is 23.7 Å². The molecule has 8 N–H and O–H groups in total. The molecule has 6 rings (SSSR count). The summed E-state index contributed by atoms with van der Waals surface area (Å²) in [7, 11) is 0. The number of halogens is 2. The number of aromatic amines is 1. The van der Waals surface area contributed by atoms with E-state index in [1.54, 1.807) is 6.07 Å². The average molecular weight is 632 g/mol. The maximum atomic E-state index is 15.3. The second-order valence-electron chi connectivity index (χ2n) is 9.52. The number of aliphatic hydroxyl groups excluding tert-OH is 2. The molecule has 2 aliphatic rings. The summed E-state index contributed by atoms with van der Waals surface area (Å²) in [6.07, 6.45) is -9.04. The number of H-pyrrole nitrogens is 1. The lowest BCUT2D eigenvalue weighted by Gasteiger charge is -2.26. The van der Waals surface area contributed by atoms with Crippen LogP contribution in [0, 0.1) is 0 Å². The van der Waals surface area contributed by atoms with Gasteiger partial charge in [0, 0.05) is 6.20 Å². The third-order valence-corrected chi connectivity index (χ3v) is 8.49. The Hall–Kier alpha value is -3.20. The zero-order valence-electron chi connectivity index (χ0n) is 21.2. The predicted molar refractivity (Wildman–Crippen MR) is 143 cm³/mol. The van der Waals surface area contributed by atoms with Crippen molar-refractivity contribution in [2.45, 2.75) is 49.2 Å². The van der Waals surface area contributed by atoms with E-state index < -0.39 is 74.7 Å². The van der Waals surface area contributed by atoms with Crippen LogP contribution in [0.15, 0.2) is 29.7 Å². The second-order valence-corrected chi connectivity index (χ2v) is 12.3. The third-order valence-electron chi connectivity index (χ3n) is 6.93. The smallest absolute Gasteiger partial charge is 0.325 e. The molecule has 1 unspecified atom stereocenters. The maximum absolute atomic E-state index is 15.3. The van der Waals surface area contributed by atoms with Gasteiger partial charge in [0.15, 0.2) is 36.0 Å². The van der Waals surface area contributed by atoms with Gasteiger partial charge in [-0.3, -0.25) is 18.9 Å². The van der Waals surface area contributed by atoms with Crippen LogP contribution in [-0.4, -0.2) is 99.1 Å². The van der Waals surface area contributed by atoms with Crippen molar-refractivity contribution in [1.82, 2.24) is 34.1 Å². The molecular formula is C21H24F2N9O8PS. The summed E-state index contributed by atoms with van der Waals surface area (Å²) >= 11 is 5.07. The number of fused-ring (bicyclic) bond motifs is 2. The predicted octanol–water partition coefficient (Wildman–Crippen LogP) is -0.828. The Morgan fingerprint density at radius 2 is 1.88 bits per heavy atom. The fourth-order valence-corrected chi connectivity index (χ4v) is 6.33. The van der Waals surface area contributed by atoms with Crippen LogP contribution in [0.2, 0.25) is 0 Å². The quantitative estimate of drug-likeness (QED) is 0.130. The molecule has 42 heavy (non-hydrogen) atoms. The lowest BCUT2D eigenvalue weighted by Crippen LogP contribution is -2.33. The van der Waals surface area contributed by atoms with Crippen LogP contribution in [-0.2, 0) is 30.3 Å². The monoisotopic (exact) mass is 631 g/mol. The molecule has 2 fully saturated rings. The molecular weight excluding hydrogens is 607 g/mol. The van der Waals surface area contributed by atoms with E-state index in [4.69, 9.17) is 41.8 Å². The Morgan fingerprint density at radius 1 is 1.12 bits per heavy atom. The fraction of sp³-hybridized carbons (Fsp3) is 0.476. The standard InChI is InChI=1S/C21H24F2N9O8PS/c22-10-8(3-33)38-20(32-6-28-12-17(32)29-21(25)30-18(12)35)14(10)40-41(36,42)37-4-9-13(34)11(23)19(39-9)31-2-1-7-15(24)26-5-27-16(7)31/h1-2,5-6,8-11,13-14,19-20,33-34H,3-4H2,(H,36,42)(H2,24,26,27)(H3,25,29,30,35)/t8-,9-,10-,11+,13-,14-,19-,20-,41?/m1/s1. The largest absolute Gasteiger partial charge is 0.394 e. The number of anilines is 2. The van der Waals surface area contributed by atoms with E-state index in [9.17, 15) is 19.9 Å². The van der Waals surface area contributed by atoms with E-state index in [0.29, 0.717) is 5.39 Å². The van der Waals surface area contributed by atoms with Crippen molar-refractivity contribution < 1.29 is 42.4 Å². The Morgan fingerprint density at radius 3 is 2.64 bits per heavy atom. The van der Waals surface area contributed by atoms with Crippen LogP contribution < -0.4 is 17.0 Å². The lowest BCUT2D eigenvalue weighted by molar-refractivity contribution is -0.0552. The molecule has 2 aliphatic heterocycles. The number of nitrogens with two attached hydrogens (primary N) is 2. The lowest BCUT2D eigenvalue weighted by atomic mass is 10.1. The summed E-state index contributed by atoms with van der Waals surface area (Å²) in [6, 6.07) is 1.56. The van der Waals surface area contributed by atoms with Gasteiger partial charge in [0.2, 0.25) is 5.95 Å². The Balaban J connectivity index is 1.19. The van der Waals surface area contributed by atoms with Gasteiger partial charge >= 0.3 is 6.72 Å². The highest BCUT2D eigenvalue weighted by molar-refractivity contribution is 8.07. The fourth-order valence-electron chi connectivity index (χ4n) is 4.92. The topological polar surface area (TPSA) is 244 Å². The van der Waals surface area contributed by atoms with Crippen LogP contribution in [0.5, 0.6) is 0 Å². The number of hydrogen-bond donors (Lipinski definition) is 6. The number of rotatable bonds is 8. The molecule has 9 atom stereocenters.